The van der Waals surface area contributed by atoms with Gasteiger partial charge in [0.25, 0.3) is 0 Å². The molecule has 35 heavy (non-hydrogen) atoms. The second-order valence-electron chi connectivity index (χ2n) is 8.46. The van der Waals surface area contributed by atoms with Gasteiger partial charge in [-0.15, -0.1) is 0 Å². The molecule has 1 fully saturated rings. The van der Waals surface area contributed by atoms with Gasteiger partial charge in [-0.2, -0.15) is 0 Å². The maximum absolute atomic E-state index is 11.5. The number of methoxy groups -OCH3 is 1. The van der Waals surface area contributed by atoms with Crippen LogP contribution in [0.3, 0.4) is 0 Å². The van der Waals surface area contributed by atoms with E-state index >= 15 is 0 Å². The molecule has 0 radical (unpaired) electrons. The van der Waals surface area contributed by atoms with E-state index in [1.807, 2.05) is 91.0 Å². The lowest BCUT2D eigenvalue weighted by molar-refractivity contribution is -0.317. The second-order valence-corrected chi connectivity index (χ2v) is 8.46. The fourth-order valence-corrected chi connectivity index (χ4v) is 4.22. The average molecular weight is 477 g/mol. The van der Waals surface area contributed by atoms with Gasteiger partial charge in [-0.1, -0.05) is 91.0 Å². The average Bonchev–Trinajstić information content (AvgIpc) is 2.92. The topological polar surface area (TPSA) is 63.2 Å². The Hall–Kier alpha value is -2.87. The molecule has 0 aromatic heterocycles. The number of rotatable bonds is 12. The van der Waals surface area contributed by atoms with Crippen LogP contribution >= 0.6 is 0 Å². The van der Waals surface area contributed by atoms with Crippen LogP contribution in [-0.4, -0.2) is 44.1 Å². The van der Waals surface area contributed by atoms with Gasteiger partial charge in [0.2, 0.25) is 0 Å². The molecule has 4 rings (SSSR count). The molecular weight excluding hydrogens is 444 g/mol. The van der Waals surface area contributed by atoms with Crippen molar-refractivity contribution in [2.24, 2.45) is 0 Å². The predicted octanol–water partition coefficient (Wildman–Crippen LogP) is 4.70. The first kappa shape index (κ1) is 25.2. The summed E-state index contributed by atoms with van der Waals surface area (Å²) in [4.78, 5) is 11.5. The highest BCUT2D eigenvalue weighted by Gasteiger charge is 2.48. The molecule has 0 amide bonds. The summed E-state index contributed by atoms with van der Waals surface area (Å²) in [6, 6.07) is 29.8. The number of carbonyl (C=O) groups excluding carboxylic acids is 1. The van der Waals surface area contributed by atoms with Crippen LogP contribution in [0, 0.1) is 0 Å². The third-order valence-electron chi connectivity index (χ3n) is 6.01. The van der Waals surface area contributed by atoms with Gasteiger partial charge in [0.15, 0.2) is 6.29 Å². The van der Waals surface area contributed by atoms with Crippen molar-refractivity contribution in [1.29, 1.82) is 0 Å². The molecule has 3 aromatic rings. The molecule has 1 aliphatic rings. The first-order valence-electron chi connectivity index (χ1n) is 11.9. The highest BCUT2D eigenvalue weighted by molar-refractivity contribution is 5.50. The second kappa shape index (κ2) is 13.3. The van der Waals surface area contributed by atoms with Crippen LogP contribution in [0.1, 0.15) is 23.1 Å². The van der Waals surface area contributed by atoms with Crippen molar-refractivity contribution >= 4 is 6.29 Å². The van der Waals surface area contributed by atoms with Crippen LogP contribution in [0.15, 0.2) is 91.0 Å². The van der Waals surface area contributed by atoms with Gasteiger partial charge in [0.1, 0.15) is 24.6 Å². The van der Waals surface area contributed by atoms with E-state index in [1.165, 1.54) is 0 Å². The molecule has 6 nitrogen and oxygen atoms in total. The van der Waals surface area contributed by atoms with Crippen molar-refractivity contribution in [2.45, 2.75) is 56.9 Å². The molecule has 1 heterocycles. The van der Waals surface area contributed by atoms with Crippen molar-refractivity contribution < 1.29 is 28.5 Å². The minimum Gasteiger partial charge on any atom is -0.368 e. The zero-order chi connectivity index (χ0) is 24.3. The number of hydrogen-bond donors (Lipinski definition) is 0. The minimum atomic E-state index is -0.707. The van der Waals surface area contributed by atoms with Gasteiger partial charge in [0, 0.05) is 13.5 Å². The maximum atomic E-state index is 11.5. The van der Waals surface area contributed by atoms with Crippen molar-refractivity contribution in [3.05, 3.63) is 108 Å². The molecule has 5 atom stereocenters. The van der Waals surface area contributed by atoms with Crippen LogP contribution in [-0.2, 0) is 48.3 Å². The van der Waals surface area contributed by atoms with E-state index in [-0.39, 0.29) is 6.42 Å². The third-order valence-corrected chi connectivity index (χ3v) is 6.01. The molecular formula is C29H32O6. The Morgan fingerprint density at radius 1 is 0.657 bits per heavy atom. The van der Waals surface area contributed by atoms with E-state index in [9.17, 15) is 4.79 Å². The summed E-state index contributed by atoms with van der Waals surface area (Å²) in [5.41, 5.74) is 3.08. The lowest BCUT2D eigenvalue weighted by atomic mass is 9.96. The van der Waals surface area contributed by atoms with Gasteiger partial charge in [0.05, 0.1) is 25.9 Å². The van der Waals surface area contributed by atoms with Crippen LogP contribution in [0.25, 0.3) is 0 Å². The quantitative estimate of drug-likeness (QED) is 0.353. The van der Waals surface area contributed by atoms with E-state index in [0.717, 1.165) is 23.0 Å². The van der Waals surface area contributed by atoms with Crippen molar-refractivity contribution in [3.8, 4) is 0 Å². The van der Waals surface area contributed by atoms with Crippen molar-refractivity contribution in [1.82, 2.24) is 0 Å². The summed E-state index contributed by atoms with van der Waals surface area (Å²) in [6.07, 6.45) is -1.85. The molecule has 184 valence electrons. The molecule has 6 heteroatoms. The maximum Gasteiger partial charge on any atom is 0.186 e. The Morgan fingerprint density at radius 3 is 1.51 bits per heavy atom. The van der Waals surface area contributed by atoms with Crippen molar-refractivity contribution in [3.63, 3.8) is 0 Å². The molecule has 1 aliphatic heterocycles. The minimum absolute atomic E-state index is 0.163. The standard InChI is InChI=1S/C29H32O6/c1-31-29-28(34-21-24-15-9-4-10-16-24)27(33-20-23-13-7-3-8-14-23)26(25(35-29)17-18-30)32-19-22-11-5-2-6-12-22/h2-16,18,25-29H,17,19-21H2,1H3/t25-,26-,27+,28+,29+/m1/s1. The number of aldehydes is 1. The summed E-state index contributed by atoms with van der Waals surface area (Å²) >= 11 is 0. The Labute approximate surface area is 206 Å². The van der Waals surface area contributed by atoms with Crippen LogP contribution in [0.5, 0.6) is 0 Å². The molecule has 0 unspecified atom stereocenters. The Bertz CT molecular complexity index is 997. The zero-order valence-corrected chi connectivity index (χ0v) is 19.9. The number of ether oxygens (including phenoxy) is 5. The van der Waals surface area contributed by atoms with Gasteiger partial charge >= 0.3 is 0 Å². The first-order chi connectivity index (χ1) is 17.3. The van der Waals surface area contributed by atoms with Crippen LogP contribution in [0.2, 0.25) is 0 Å². The number of hydrogen-bond acceptors (Lipinski definition) is 6. The predicted molar refractivity (Wildman–Crippen MR) is 131 cm³/mol. The normalized spacial score (nSPS) is 24.2. The largest absolute Gasteiger partial charge is 0.368 e. The van der Waals surface area contributed by atoms with Gasteiger partial charge in [-0.05, 0) is 16.7 Å². The Kier molecular flexibility index (Phi) is 9.57. The van der Waals surface area contributed by atoms with Gasteiger partial charge in [-0.3, -0.25) is 0 Å². The smallest absolute Gasteiger partial charge is 0.186 e. The zero-order valence-electron chi connectivity index (χ0n) is 19.9. The van der Waals surface area contributed by atoms with Crippen LogP contribution in [0.4, 0.5) is 0 Å². The van der Waals surface area contributed by atoms with E-state index in [1.54, 1.807) is 7.11 Å². The molecule has 3 aromatic carbocycles. The summed E-state index contributed by atoms with van der Waals surface area (Å²) in [6.45, 7) is 1.09. The SMILES string of the molecule is CO[C@H]1O[C@H](CC=O)[C@@H](OCc2ccccc2)[C@H](OCc2ccccc2)[C@@H]1OCc1ccccc1. The number of benzene rings is 3. The Balaban J connectivity index is 1.58. The van der Waals surface area contributed by atoms with Crippen LogP contribution < -0.4 is 0 Å². The van der Waals surface area contributed by atoms with E-state index in [0.29, 0.717) is 19.8 Å². The third kappa shape index (κ3) is 7.07. The Morgan fingerprint density at radius 2 is 1.09 bits per heavy atom. The van der Waals surface area contributed by atoms with E-state index in [2.05, 4.69) is 0 Å². The molecule has 0 spiro atoms. The monoisotopic (exact) mass is 476 g/mol. The highest BCUT2D eigenvalue weighted by atomic mass is 16.7. The molecule has 0 N–H and O–H groups in total. The summed E-state index contributed by atoms with van der Waals surface area (Å²) in [7, 11) is 1.57. The summed E-state index contributed by atoms with van der Waals surface area (Å²) in [5, 5.41) is 0. The van der Waals surface area contributed by atoms with Gasteiger partial charge < -0.3 is 28.5 Å². The lowest BCUT2D eigenvalue weighted by Crippen LogP contribution is -2.60. The fourth-order valence-electron chi connectivity index (χ4n) is 4.22. The summed E-state index contributed by atoms with van der Waals surface area (Å²) in [5.74, 6) is 0. The first-order valence-corrected chi connectivity index (χ1v) is 11.9. The lowest BCUT2D eigenvalue weighted by Gasteiger charge is -2.45. The molecule has 0 bridgehead atoms. The number of carbonyl (C=O) groups is 1. The van der Waals surface area contributed by atoms with E-state index in [4.69, 9.17) is 23.7 Å². The highest BCUT2D eigenvalue weighted by Crippen LogP contribution is 2.31. The molecule has 1 saturated heterocycles. The molecule has 0 aliphatic carbocycles. The van der Waals surface area contributed by atoms with Crippen molar-refractivity contribution in [2.75, 3.05) is 7.11 Å². The van der Waals surface area contributed by atoms with Gasteiger partial charge in [-0.25, -0.2) is 0 Å². The molecule has 0 saturated carbocycles. The van der Waals surface area contributed by atoms with E-state index < -0.39 is 30.7 Å². The summed E-state index contributed by atoms with van der Waals surface area (Å²) < 4.78 is 31.0. The fraction of sp³-hybridized carbons (Fsp3) is 0.345.